The van der Waals surface area contributed by atoms with Gasteiger partial charge in [0.15, 0.2) is 6.29 Å². The van der Waals surface area contributed by atoms with E-state index in [9.17, 15) is 5.11 Å². The standard InChI is InChI=1S/C28H40O5/c1-4-5-8-17-27(33-22-24-15-11-7-12-16-24)26(29)19-18-25(20-28(30-2)31-3)32-21-23-13-9-6-10-14-23/h6-7,9-16,18-19,25-29H,4-5,8,17,20-22H2,1-3H3/b19-18+. The summed E-state index contributed by atoms with van der Waals surface area (Å²) in [5.74, 6) is 0. The summed E-state index contributed by atoms with van der Waals surface area (Å²) < 4.78 is 23.0. The molecular weight excluding hydrogens is 416 g/mol. The summed E-state index contributed by atoms with van der Waals surface area (Å²) in [6, 6.07) is 20.1. The zero-order valence-electron chi connectivity index (χ0n) is 20.3. The molecule has 0 radical (unpaired) electrons. The third-order valence-electron chi connectivity index (χ3n) is 5.56. The second-order valence-corrected chi connectivity index (χ2v) is 8.18. The average molecular weight is 457 g/mol. The van der Waals surface area contributed by atoms with Gasteiger partial charge in [-0.05, 0) is 17.5 Å². The fourth-order valence-electron chi connectivity index (χ4n) is 3.55. The van der Waals surface area contributed by atoms with Gasteiger partial charge in [0.2, 0.25) is 0 Å². The van der Waals surface area contributed by atoms with Gasteiger partial charge in [-0.1, -0.05) is 99.0 Å². The van der Waals surface area contributed by atoms with Crippen LogP contribution in [0, 0.1) is 0 Å². The van der Waals surface area contributed by atoms with Gasteiger partial charge >= 0.3 is 0 Å². The van der Waals surface area contributed by atoms with Crippen molar-refractivity contribution < 1.29 is 24.1 Å². The number of hydrogen-bond acceptors (Lipinski definition) is 5. The first-order chi connectivity index (χ1) is 16.2. The van der Waals surface area contributed by atoms with Gasteiger partial charge in [0.25, 0.3) is 0 Å². The highest BCUT2D eigenvalue weighted by Gasteiger charge is 2.20. The predicted octanol–water partition coefficient (Wildman–Crippen LogP) is 5.66. The summed E-state index contributed by atoms with van der Waals surface area (Å²) in [5, 5.41) is 10.9. The van der Waals surface area contributed by atoms with Crippen molar-refractivity contribution >= 4 is 0 Å². The topological polar surface area (TPSA) is 57.2 Å². The fraction of sp³-hybridized carbons (Fsp3) is 0.500. The first-order valence-corrected chi connectivity index (χ1v) is 11.9. The SMILES string of the molecule is CCCCCC(OCc1ccccc1)C(O)/C=C/C(CC(OC)OC)OCc1ccccc1. The van der Waals surface area contributed by atoms with E-state index in [-0.39, 0.29) is 18.5 Å². The maximum Gasteiger partial charge on any atom is 0.159 e. The Labute approximate surface area is 199 Å². The Hall–Kier alpha value is -2.02. The van der Waals surface area contributed by atoms with Crippen molar-refractivity contribution in [2.75, 3.05) is 14.2 Å². The lowest BCUT2D eigenvalue weighted by atomic mass is 10.0. The van der Waals surface area contributed by atoms with Crippen molar-refractivity contribution in [1.82, 2.24) is 0 Å². The Morgan fingerprint density at radius 1 is 0.788 bits per heavy atom. The Balaban J connectivity index is 2.02. The highest BCUT2D eigenvalue weighted by molar-refractivity contribution is 5.14. The molecule has 0 aromatic heterocycles. The molecular formula is C28H40O5. The van der Waals surface area contributed by atoms with Crippen LogP contribution in [-0.4, -0.2) is 43.9 Å². The van der Waals surface area contributed by atoms with E-state index in [0.29, 0.717) is 19.6 Å². The van der Waals surface area contributed by atoms with Crippen molar-refractivity contribution in [3.05, 3.63) is 83.9 Å². The van der Waals surface area contributed by atoms with Gasteiger partial charge in [0, 0.05) is 20.6 Å². The molecule has 0 aliphatic heterocycles. The number of methoxy groups -OCH3 is 2. The number of aliphatic hydroxyl groups is 1. The molecule has 0 saturated carbocycles. The van der Waals surface area contributed by atoms with E-state index in [4.69, 9.17) is 18.9 Å². The van der Waals surface area contributed by atoms with Crippen molar-refractivity contribution in [1.29, 1.82) is 0 Å². The fourth-order valence-corrected chi connectivity index (χ4v) is 3.55. The van der Waals surface area contributed by atoms with E-state index in [2.05, 4.69) is 6.92 Å². The van der Waals surface area contributed by atoms with Gasteiger partial charge in [-0.15, -0.1) is 0 Å². The third kappa shape index (κ3) is 11.1. The van der Waals surface area contributed by atoms with Gasteiger partial charge in [-0.2, -0.15) is 0 Å². The van der Waals surface area contributed by atoms with E-state index in [1.54, 1.807) is 20.3 Å². The molecule has 2 aromatic rings. The molecule has 1 N–H and O–H groups in total. The number of hydrogen-bond donors (Lipinski definition) is 1. The maximum atomic E-state index is 10.9. The number of unbranched alkanes of at least 4 members (excludes halogenated alkanes) is 2. The Kier molecular flexibility index (Phi) is 13.7. The van der Waals surface area contributed by atoms with Gasteiger partial charge in [-0.25, -0.2) is 0 Å². The molecule has 33 heavy (non-hydrogen) atoms. The minimum Gasteiger partial charge on any atom is -0.386 e. The van der Waals surface area contributed by atoms with Crippen molar-refractivity contribution in [2.45, 2.75) is 76.8 Å². The van der Waals surface area contributed by atoms with Crippen LogP contribution in [0.3, 0.4) is 0 Å². The van der Waals surface area contributed by atoms with Crippen LogP contribution in [0.1, 0.15) is 50.2 Å². The number of ether oxygens (including phenoxy) is 4. The molecule has 0 aliphatic carbocycles. The summed E-state index contributed by atoms with van der Waals surface area (Å²) >= 11 is 0. The van der Waals surface area contributed by atoms with Crippen LogP contribution in [0.5, 0.6) is 0 Å². The van der Waals surface area contributed by atoms with Crippen LogP contribution < -0.4 is 0 Å². The molecule has 5 nitrogen and oxygen atoms in total. The maximum absolute atomic E-state index is 10.9. The lowest BCUT2D eigenvalue weighted by molar-refractivity contribution is -0.125. The zero-order chi connectivity index (χ0) is 23.7. The molecule has 2 aromatic carbocycles. The molecule has 3 unspecified atom stereocenters. The largest absolute Gasteiger partial charge is 0.386 e. The third-order valence-corrected chi connectivity index (χ3v) is 5.56. The molecule has 0 spiro atoms. The predicted molar refractivity (Wildman–Crippen MR) is 132 cm³/mol. The van der Waals surface area contributed by atoms with Crippen LogP contribution in [0.15, 0.2) is 72.8 Å². The number of benzene rings is 2. The molecule has 3 atom stereocenters. The van der Waals surface area contributed by atoms with E-state index in [0.717, 1.165) is 36.8 Å². The second-order valence-electron chi connectivity index (χ2n) is 8.18. The average Bonchev–Trinajstić information content (AvgIpc) is 2.86. The van der Waals surface area contributed by atoms with Gasteiger partial charge in [-0.3, -0.25) is 0 Å². The second kappa shape index (κ2) is 16.6. The number of aliphatic hydroxyl groups excluding tert-OH is 1. The highest BCUT2D eigenvalue weighted by Crippen LogP contribution is 2.17. The Morgan fingerprint density at radius 3 is 1.91 bits per heavy atom. The molecule has 0 bridgehead atoms. The monoisotopic (exact) mass is 456 g/mol. The molecule has 0 fully saturated rings. The molecule has 0 aliphatic rings. The van der Waals surface area contributed by atoms with Crippen LogP contribution in [0.2, 0.25) is 0 Å². The highest BCUT2D eigenvalue weighted by atomic mass is 16.7. The van der Waals surface area contributed by atoms with E-state index < -0.39 is 6.10 Å². The van der Waals surface area contributed by atoms with E-state index >= 15 is 0 Å². The van der Waals surface area contributed by atoms with Crippen LogP contribution in [-0.2, 0) is 32.2 Å². The summed E-state index contributed by atoms with van der Waals surface area (Å²) in [6.07, 6.45) is 6.63. The summed E-state index contributed by atoms with van der Waals surface area (Å²) in [7, 11) is 3.23. The Bertz CT molecular complexity index is 745. The summed E-state index contributed by atoms with van der Waals surface area (Å²) in [4.78, 5) is 0. The van der Waals surface area contributed by atoms with Crippen LogP contribution >= 0.6 is 0 Å². The van der Waals surface area contributed by atoms with Gasteiger partial charge in [0.1, 0.15) is 0 Å². The van der Waals surface area contributed by atoms with Crippen molar-refractivity contribution in [3.63, 3.8) is 0 Å². The first kappa shape index (κ1) is 27.2. The summed E-state index contributed by atoms with van der Waals surface area (Å²) in [6.45, 7) is 3.12. The van der Waals surface area contributed by atoms with E-state index in [1.807, 2.05) is 66.7 Å². The minimum absolute atomic E-state index is 0.268. The zero-order valence-corrected chi connectivity index (χ0v) is 20.3. The number of rotatable bonds is 17. The smallest absolute Gasteiger partial charge is 0.159 e. The lowest BCUT2D eigenvalue weighted by Crippen LogP contribution is -2.28. The lowest BCUT2D eigenvalue weighted by Gasteiger charge is -2.23. The van der Waals surface area contributed by atoms with Gasteiger partial charge in [0.05, 0.1) is 31.5 Å². The molecule has 182 valence electrons. The van der Waals surface area contributed by atoms with Crippen molar-refractivity contribution in [2.24, 2.45) is 0 Å². The van der Waals surface area contributed by atoms with E-state index in [1.165, 1.54) is 0 Å². The first-order valence-electron chi connectivity index (χ1n) is 11.9. The van der Waals surface area contributed by atoms with Crippen molar-refractivity contribution in [3.8, 4) is 0 Å². The van der Waals surface area contributed by atoms with Gasteiger partial charge < -0.3 is 24.1 Å². The van der Waals surface area contributed by atoms with Crippen LogP contribution in [0.25, 0.3) is 0 Å². The molecule has 5 heteroatoms. The molecule has 0 saturated heterocycles. The minimum atomic E-state index is -0.725. The molecule has 2 rings (SSSR count). The normalized spacial score (nSPS) is 14.6. The molecule has 0 amide bonds. The Morgan fingerprint density at radius 2 is 1.36 bits per heavy atom. The van der Waals surface area contributed by atoms with Crippen LogP contribution in [0.4, 0.5) is 0 Å². The summed E-state index contributed by atoms with van der Waals surface area (Å²) in [5.41, 5.74) is 2.19. The quantitative estimate of drug-likeness (QED) is 0.189. The molecule has 0 heterocycles.